The Labute approximate surface area is 124 Å². The Bertz CT molecular complexity index is 523. The van der Waals surface area contributed by atoms with E-state index in [1.807, 2.05) is 18.2 Å². The summed E-state index contributed by atoms with van der Waals surface area (Å²) in [5, 5.41) is 13.5. The highest BCUT2D eigenvalue weighted by Gasteiger charge is 2.01. The highest BCUT2D eigenvalue weighted by molar-refractivity contribution is 9.10. The Morgan fingerprint density at radius 1 is 1.06 bits per heavy atom. The highest BCUT2D eigenvalue weighted by atomic mass is 79.9. The first kappa shape index (κ1) is 13.5. The van der Waals surface area contributed by atoms with Crippen molar-refractivity contribution in [3.05, 3.63) is 56.5 Å². The fourth-order valence-electron chi connectivity index (χ4n) is 1.47. The van der Waals surface area contributed by atoms with Gasteiger partial charge in [0.15, 0.2) is 0 Å². The Morgan fingerprint density at radius 3 is 2.50 bits per heavy atom. The van der Waals surface area contributed by atoms with E-state index in [2.05, 4.69) is 21.2 Å². The first-order valence-electron chi connectivity index (χ1n) is 5.22. The molecular formula is C13H10BrCl2NO. The zero-order chi connectivity index (χ0) is 13.1. The van der Waals surface area contributed by atoms with Crippen LogP contribution >= 0.6 is 39.1 Å². The minimum Gasteiger partial charge on any atom is -0.506 e. The minimum absolute atomic E-state index is 0.0801. The average Bonchev–Trinajstić information content (AvgIpc) is 2.35. The summed E-state index contributed by atoms with van der Waals surface area (Å²) < 4.78 is 0.868. The zero-order valence-corrected chi connectivity index (χ0v) is 12.4. The predicted octanol–water partition coefficient (Wildman–Crippen LogP) is 5.07. The van der Waals surface area contributed by atoms with Crippen LogP contribution in [0, 0.1) is 0 Å². The molecule has 2 nitrogen and oxygen atoms in total. The van der Waals surface area contributed by atoms with Gasteiger partial charge in [0.2, 0.25) is 0 Å². The molecule has 0 bridgehead atoms. The standard InChI is InChI=1S/C13H10BrCl2NO/c14-10-5-8(1-3-11(10)15)7-17-9-2-4-13(18)12(16)6-9/h1-6,17-18H,7H2. The summed E-state index contributed by atoms with van der Waals surface area (Å²) in [6.45, 7) is 0.650. The molecule has 0 saturated carbocycles. The number of anilines is 1. The molecule has 18 heavy (non-hydrogen) atoms. The highest BCUT2D eigenvalue weighted by Crippen LogP contribution is 2.27. The van der Waals surface area contributed by atoms with Crippen LogP contribution in [0.4, 0.5) is 5.69 Å². The lowest BCUT2D eigenvalue weighted by atomic mass is 10.2. The third-order valence-electron chi connectivity index (χ3n) is 2.43. The number of halogens is 3. The molecule has 0 amide bonds. The van der Waals surface area contributed by atoms with Crippen LogP contribution in [0.15, 0.2) is 40.9 Å². The zero-order valence-electron chi connectivity index (χ0n) is 9.25. The van der Waals surface area contributed by atoms with Crippen LogP contribution in [0.3, 0.4) is 0 Å². The Morgan fingerprint density at radius 2 is 1.83 bits per heavy atom. The summed E-state index contributed by atoms with van der Waals surface area (Å²) in [6, 6.07) is 10.8. The minimum atomic E-state index is 0.0801. The molecule has 0 atom stereocenters. The van der Waals surface area contributed by atoms with Crippen LogP contribution in [0.2, 0.25) is 10.0 Å². The van der Waals surface area contributed by atoms with E-state index in [4.69, 9.17) is 23.2 Å². The molecule has 0 aromatic heterocycles. The molecular weight excluding hydrogens is 337 g/mol. The van der Waals surface area contributed by atoms with E-state index in [0.717, 1.165) is 15.7 Å². The van der Waals surface area contributed by atoms with Crippen molar-refractivity contribution < 1.29 is 5.11 Å². The topological polar surface area (TPSA) is 32.3 Å². The molecule has 0 fully saturated rings. The lowest BCUT2D eigenvalue weighted by Gasteiger charge is -2.08. The lowest BCUT2D eigenvalue weighted by Crippen LogP contribution is -1.99. The largest absolute Gasteiger partial charge is 0.506 e. The SMILES string of the molecule is Oc1ccc(NCc2ccc(Cl)c(Br)c2)cc1Cl. The van der Waals surface area contributed by atoms with E-state index in [9.17, 15) is 5.11 Å². The Balaban J connectivity index is 2.06. The Hall–Kier alpha value is -0.900. The van der Waals surface area contributed by atoms with Gasteiger partial charge in [-0.3, -0.25) is 0 Å². The molecule has 0 heterocycles. The second kappa shape index (κ2) is 5.83. The summed E-state index contributed by atoms with van der Waals surface area (Å²) in [7, 11) is 0. The molecule has 2 N–H and O–H groups in total. The van der Waals surface area contributed by atoms with Crippen molar-refractivity contribution in [1.29, 1.82) is 0 Å². The van der Waals surface area contributed by atoms with E-state index < -0.39 is 0 Å². The van der Waals surface area contributed by atoms with Gasteiger partial charge in [0.25, 0.3) is 0 Å². The van der Waals surface area contributed by atoms with Crippen molar-refractivity contribution in [2.45, 2.75) is 6.54 Å². The number of hydrogen-bond donors (Lipinski definition) is 2. The molecule has 0 unspecified atom stereocenters. The van der Waals surface area contributed by atoms with Gasteiger partial charge < -0.3 is 10.4 Å². The maximum atomic E-state index is 9.32. The first-order valence-corrected chi connectivity index (χ1v) is 6.77. The maximum Gasteiger partial charge on any atom is 0.134 e. The number of benzene rings is 2. The fourth-order valence-corrected chi connectivity index (χ4v) is 2.19. The van der Waals surface area contributed by atoms with E-state index in [1.54, 1.807) is 18.2 Å². The van der Waals surface area contributed by atoms with Gasteiger partial charge in [-0.2, -0.15) is 0 Å². The first-order chi connectivity index (χ1) is 8.56. The van der Waals surface area contributed by atoms with Crippen LogP contribution in [0.5, 0.6) is 5.75 Å². The molecule has 0 saturated heterocycles. The molecule has 2 aromatic carbocycles. The number of rotatable bonds is 3. The number of nitrogens with one attached hydrogen (secondary N) is 1. The smallest absolute Gasteiger partial charge is 0.134 e. The van der Waals surface area contributed by atoms with Gasteiger partial charge in [-0.25, -0.2) is 0 Å². The maximum absolute atomic E-state index is 9.32. The molecule has 2 rings (SSSR count). The summed E-state index contributed by atoms with van der Waals surface area (Å²) in [5.41, 5.74) is 1.94. The van der Waals surface area contributed by atoms with Gasteiger partial charge in [0.1, 0.15) is 5.75 Å². The van der Waals surface area contributed by atoms with E-state index in [0.29, 0.717) is 16.6 Å². The molecule has 0 aliphatic carbocycles. The van der Waals surface area contributed by atoms with Gasteiger partial charge in [0.05, 0.1) is 10.0 Å². The second-order valence-electron chi connectivity index (χ2n) is 3.77. The molecule has 0 aliphatic rings. The van der Waals surface area contributed by atoms with Crippen LogP contribution in [-0.4, -0.2) is 5.11 Å². The number of hydrogen-bond acceptors (Lipinski definition) is 2. The second-order valence-corrected chi connectivity index (χ2v) is 5.44. The molecule has 5 heteroatoms. The van der Waals surface area contributed by atoms with Gasteiger partial charge in [-0.15, -0.1) is 0 Å². The van der Waals surface area contributed by atoms with Gasteiger partial charge in [-0.05, 0) is 51.8 Å². The summed E-state index contributed by atoms with van der Waals surface area (Å²) in [4.78, 5) is 0. The summed E-state index contributed by atoms with van der Waals surface area (Å²) in [6.07, 6.45) is 0. The van der Waals surface area contributed by atoms with Crippen molar-refractivity contribution in [2.75, 3.05) is 5.32 Å². The summed E-state index contributed by atoms with van der Waals surface area (Å²) >= 11 is 15.1. The van der Waals surface area contributed by atoms with Crippen molar-refractivity contribution in [3.8, 4) is 5.75 Å². The van der Waals surface area contributed by atoms with Crippen LogP contribution in [-0.2, 0) is 6.54 Å². The van der Waals surface area contributed by atoms with E-state index in [1.165, 1.54) is 0 Å². The Kier molecular flexibility index (Phi) is 4.38. The van der Waals surface area contributed by atoms with Gasteiger partial charge in [-0.1, -0.05) is 29.3 Å². The molecule has 0 spiro atoms. The normalized spacial score (nSPS) is 10.4. The molecule has 0 radical (unpaired) electrons. The lowest BCUT2D eigenvalue weighted by molar-refractivity contribution is 0.475. The van der Waals surface area contributed by atoms with E-state index in [-0.39, 0.29) is 5.75 Å². The molecule has 2 aromatic rings. The third kappa shape index (κ3) is 3.31. The monoisotopic (exact) mass is 345 g/mol. The van der Waals surface area contributed by atoms with Crippen LogP contribution in [0.1, 0.15) is 5.56 Å². The molecule has 0 aliphatic heterocycles. The van der Waals surface area contributed by atoms with Gasteiger partial charge >= 0.3 is 0 Å². The third-order valence-corrected chi connectivity index (χ3v) is 3.95. The quantitative estimate of drug-likeness (QED) is 0.760. The van der Waals surface area contributed by atoms with Crippen molar-refractivity contribution >= 4 is 44.8 Å². The number of phenols is 1. The van der Waals surface area contributed by atoms with Crippen LogP contribution < -0.4 is 5.32 Å². The average molecular weight is 347 g/mol. The van der Waals surface area contributed by atoms with Crippen molar-refractivity contribution in [1.82, 2.24) is 0 Å². The number of aromatic hydroxyl groups is 1. The number of phenolic OH excluding ortho intramolecular Hbond substituents is 1. The van der Waals surface area contributed by atoms with Crippen molar-refractivity contribution in [2.24, 2.45) is 0 Å². The van der Waals surface area contributed by atoms with Crippen molar-refractivity contribution in [3.63, 3.8) is 0 Å². The van der Waals surface area contributed by atoms with Gasteiger partial charge in [0, 0.05) is 16.7 Å². The molecule has 94 valence electrons. The fraction of sp³-hybridized carbons (Fsp3) is 0.0769. The van der Waals surface area contributed by atoms with Crippen LogP contribution in [0.25, 0.3) is 0 Å². The van der Waals surface area contributed by atoms with E-state index >= 15 is 0 Å². The summed E-state index contributed by atoms with van der Waals surface area (Å²) in [5.74, 6) is 0.0801. The predicted molar refractivity (Wildman–Crippen MR) is 79.6 cm³/mol.